The summed E-state index contributed by atoms with van der Waals surface area (Å²) in [5.74, 6) is -0.268. The maximum Gasteiger partial charge on any atom is 0.573 e. The minimum atomic E-state index is -4.69. The molecule has 0 spiro atoms. The highest BCUT2D eigenvalue weighted by molar-refractivity contribution is 7.80. The molecule has 1 aromatic rings. The van der Waals surface area contributed by atoms with E-state index in [-0.39, 0.29) is 5.75 Å². The van der Waals surface area contributed by atoms with E-state index in [2.05, 4.69) is 27.4 Å². The molecule has 5 nitrogen and oxygen atoms in total. The summed E-state index contributed by atoms with van der Waals surface area (Å²) in [6.07, 6.45) is -4.69. The van der Waals surface area contributed by atoms with E-state index < -0.39 is 6.36 Å². The topological polar surface area (TPSA) is 39.8 Å². The molecule has 2 N–H and O–H groups in total. The number of alkyl halides is 3. The summed E-state index contributed by atoms with van der Waals surface area (Å²) in [5.41, 5.74) is 3.64. The maximum absolute atomic E-state index is 12.1. The molecule has 0 aliphatic carbocycles. The number of piperazine rings is 1. The number of benzene rings is 1. The number of nitrogens with one attached hydrogen (secondary N) is 2. The lowest BCUT2D eigenvalue weighted by atomic mass is 10.3. The first-order chi connectivity index (χ1) is 10.3. The molecule has 1 saturated heterocycles. The monoisotopic (exact) mass is 334 g/mol. The van der Waals surface area contributed by atoms with Gasteiger partial charge in [0, 0.05) is 31.9 Å². The minimum Gasteiger partial charge on any atom is -0.406 e. The standard InChI is InChI=1S/C13H17F3N4OS/c1-19-6-8-20(9-7-19)18-12(22)17-10-2-4-11(5-3-10)21-13(14,15)16/h2-5H,6-9H2,1H3,(H2,17,18,22). The summed E-state index contributed by atoms with van der Waals surface area (Å²) in [6, 6.07) is 5.40. The molecule has 0 aromatic heterocycles. The highest BCUT2D eigenvalue weighted by atomic mass is 32.1. The summed E-state index contributed by atoms with van der Waals surface area (Å²) < 4.78 is 40.0. The van der Waals surface area contributed by atoms with Crippen LogP contribution in [-0.2, 0) is 0 Å². The molecule has 122 valence electrons. The van der Waals surface area contributed by atoms with Crippen molar-refractivity contribution >= 4 is 23.0 Å². The Balaban J connectivity index is 1.81. The van der Waals surface area contributed by atoms with E-state index in [1.54, 1.807) is 0 Å². The van der Waals surface area contributed by atoms with Crippen molar-refractivity contribution in [1.29, 1.82) is 0 Å². The van der Waals surface area contributed by atoms with Crippen LogP contribution in [-0.4, -0.2) is 54.6 Å². The van der Waals surface area contributed by atoms with Crippen LogP contribution in [0, 0.1) is 0 Å². The first-order valence-electron chi connectivity index (χ1n) is 6.69. The number of nitrogens with zero attached hydrogens (tertiary/aromatic N) is 2. The smallest absolute Gasteiger partial charge is 0.406 e. The number of likely N-dealkylation sites (N-methyl/N-ethyl adjacent to an activating group) is 1. The van der Waals surface area contributed by atoms with Crippen molar-refractivity contribution in [2.75, 3.05) is 38.5 Å². The van der Waals surface area contributed by atoms with E-state index in [0.29, 0.717) is 10.8 Å². The normalized spacial score (nSPS) is 17.1. The zero-order valence-electron chi connectivity index (χ0n) is 12.0. The first-order valence-corrected chi connectivity index (χ1v) is 7.09. The van der Waals surface area contributed by atoms with Gasteiger partial charge >= 0.3 is 6.36 Å². The summed E-state index contributed by atoms with van der Waals surface area (Å²) in [7, 11) is 2.05. The zero-order chi connectivity index (χ0) is 16.2. The lowest BCUT2D eigenvalue weighted by Crippen LogP contribution is -2.53. The van der Waals surface area contributed by atoms with Gasteiger partial charge in [0.2, 0.25) is 0 Å². The van der Waals surface area contributed by atoms with Crippen LogP contribution in [0.4, 0.5) is 18.9 Å². The maximum atomic E-state index is 12.1. The molecule has 0 saturated carbocycles. The summed E-state index contributed by atoms with van der Waals surface area (Å²) >= 11 is 5.18. The molecule has 1 heterocycles. The summed E-state index contributed by atoms with van der Waals surface area (Å²) in [6.45, 7) is 3.57. The average Bonchev–Trinajstić information content (AvgIpc) is 2.42. The van der Waals surface area contributed by atoms with Crippen LogP contribution in [0.5, 0.6) is 5.75 Å². The van der Waals surface area contributed by atoms with Gasteiger partial charge in [-0.15, -0.1) is 13.2 Å². The van der Waals surface area contributed by atoms with E-state index in [4.69, 9.17) is 12.2 Å². The lowest BCUT2D eigenvalue weighted by Gasteiger charge is -2.33. The number of anilines is 1. The molecule has 1 aromatic carbocycles. The fourth-order valence-electron chi connectivity index (χ4n) is 1.96. The molecular weight excluding hydrogens is 317 g/mol. The van der Waals surface area contributed by atoms with E-state index in [0.717, 1.165) is 26.2 Å². The van der Waals surface area contributed by atoms with E-state index in [1.807, 2.05) is 5.01 Å². The van der Waals surface area contributed by atoms with Crippen molar-refractivity contribution in [1.82, 2.24) is 15.3 Å². The van der Waals surface area contributed by atoms with Crippen LogP contribution in [0.15, 0.2) is 24.3 Å². The summed E-state index contributed by atoms with van der Waals surface area (Å²) in [4.78, 5) is 2.22. The van der Waals surface area contributed by atoms with Crippen molar-refractivity contribution in [3.8, 4) is 5.75 Å². The molecule has 0 atom stereocenters. The van der Waals surface area contributed by atoms with Gasteiger partial charge < -0.3 is 15.0 Å². The Morgan fingerprint density at radius 3 is 2.27 bits per heavy atom. The highest BCUT2D eigenvalue weighted by Crippen LogP contribution is 2.23. The Kier molecular flexibility index (Phi) is 5.43. The molecule has 22 heavy (non-hydrogen) atoms. The van der Waals surface area contributed by atoms with E-state index in [9.17, 15) is 13.2 Å². The van der Waals surface area contributed by atoms with Crippen LogP contribution < -0.4 is 15.5 Å². The Labute approximate surface area is 132 Å². The predicted octanol–water partition coefficient (Wildman–Crippen LogP) is 2.03. The van der Waals surface area contributed by atoms with Crippen LogP contribution in [0.1, 0.15) is 0 Å². The van der Waals surface area contributed by atoms with Gasteiger partial charge in [-0.25, -0.2) is 5.01 Å². The predicted molar refractivity (Wildman–Crippen MR) is 81.6 cm³/mol. The number of ether oxygens (including phenoxy) is 1. The molecule has 0 amide bonds. The van der Waals surface area contributed by atoms with E-state index in [1.165, 1.54) is 24.3 Å². The molecule has 1 aliphatic rings. The van der Waals surface area contributed by atoms with Gasteiger partial charge in [0.15, 0.2) is 5.11 Å². The number of hydrazine groups is 1. The van der Waals surface area contributed by atoms with Gasteiger partial charge in [-0.2, -0.15) is 0 Å². The Bertz CT molecular complexity index is 501. The average molecular weight is 334 g/mol. The van der Waals surface area contributed by atoms with Crippen LogP contribution in [0.2, 0.25) is 0 Å². The third-order valence-electron chi connectivity index (χ3n) is 3.11. The molecule has 0 bridgehead atoms. The van der Waals surface area contributed by atoms with Gasteiger partial charge in [0.1, 0.15) is 5.75 Å². The second-order valence-electron chi connectivity index (χ2n) is 4.93. The minimum absolute atomic E-state index is 0.268. The summed E-state index contributed by atoms with van der Waals surface area (Å²) in [5, 5.41) is 5.31. The second-order valence-corrected chi connectivity index (χ2v) is 5.34. The van der Waals surface area contributed by atoms with Crippen molar-refractivity contribution < 1.29 is 17.9 Å². The molecule has 1 fully saturated rings. The molecular formula is C13H17F3N4OS. The fraction of sp³-hybridized carbons (Fsp3) is 0.462. The SMILES string of the molecule is CN1CCN(NC(=S)Nc2ccc(OC(F)(F)F)cc2)CC1. The molecule has 0 unspecified atom stereocenters. The van der Waals surface area contributed by atoms with Gasteiger partial charge in [-0.3, -0.25) is 5.43 Å². The van der Waals surface area contributed by atoms with Gasteiger partial charge in [0.25, 0.3) is 0 Å². The number of rotatable bonds is 3. The number of thiocarbonyl (C=S) groups is 1. The number of halogens is 3. The van der Waals surface area contributed by atoms with Crippen LogP contribution in [0.3, 0.4) is 0 Å². The quantitative estimate of drug-likeness (QED) is 0.825. The lowest BCUT2D eigenvalue weighted by molar-refractivity contribution is -0.274. The second kappa shape index (κ2) is 7.12. The Hall–Kier alpha value is -1.58. The third-order valence-corrected chi connectivity index (χ3v) is 3.30. The zero-order valence-corrected chi connectivity index (χ0v) is 12.8. The van der Waals surface area contributed by atoms with E-state index >= 15 is 0 Å². The number of hydrogen-bond acceptors (Lipinski definition) is 4. The first kappa shape index (κ1) is 16.8. The van der Waals surface area contributed by atoms with Crippen LogP contribution in [0.25, 0.3) is 0 Å². The van der Waals surface area contributed by atoms with Gasteiger partial charge in [-0.1, -0.05) is 0 Å². The van der Waals surface area contributed by atoms with Gasteiger partial charge in [0.05, 0.1) is 0 Å². The molecule has 1 aliphatic heterocycles. The van der Waals surface area contributed by atoms with Gasteiger partial charge in [-0.05, 0) is 43.5 Å². The largest absolute Gasteiger partial charge is 0.573 e. The Morgan fingerprint density at radius 2 is 1.73 bits per heavy atom. The molecule has 2 rings (SSSR count). The van der Waals surface area contributed by atoms with Crippen molar-refractivity contribution in [2.24, 2.45) is 0 Å². The van der Waals surface area contributed by atoms with Crippen molar-refractivity contribution in [3.05, 3.63) is 24.3 Å². The highest BCUT2D eigenvalue weighted by Gasteiger charge is 2.30. The van der Waals surface area contributed by atoms with Crippen molar-refractivity contribution in [3.63, 3.8) is 0 Å². The Morgan fingerprint density at radius 1 is 1.14 bits per heavy atom. The third kappa shape index (κ3) is 5.66. The molecule has 9 heteroatoms. The molecule has 0 radical (unpaired) electrons. The van der Waals surface area contributed by atoms with Crippen LogP contribution >= 0.6 is 12.2 Å². The number of hydrogen-bond donors (Lipinski definition) is 2. The van der Waals surface area contributed by atoms with Crippen molar-refractivity contribution in [2.45, 2.75) is 6.36 Å². The fourth-order valence-corrected chi connectivity index (χ4v) is 2.21.